The molecular formula is C15H20N2O. The SMILES string of the molecule is Cc1ccc(C)c(CCNC(=O)C(C)(C)C#N)c1. The quantitative estimate of drug-likeness (QED) is 0.884. The van der Waals surface area contributed by atoms with Crippen molar-refractivity contribution in [2.75, 3.05) is 6.54 Å². The van der Waals surface area contributed by atoms with Crippen molar-refractivity contribution in [3.8, 4) is 6.07 Å². The minimum atomic E-state index is -0.957. The van der Waals surface area contributed by atoms with E-state index in [9.17, 15) is 4.79 Å². The maximum Gasteiger partial charge on any atom is 0.239 e. The van der Waals surface area contributed by atoms with Gasteiger partial charge in [0, 0.05) is 6.54 Å². The van der Waals surface area contributed by atoms with Crippen LogP contribution in [0.3, 0.4) is 0 Å². The molecule has 0 fully saturated rings. The van der Waals surface area contributed by atoms with Crippen LogP contribution < -0.4 is 5.32 Å². The average molecular weight is 244 g/mol. The number of carbonyl (C=O) groups excluding carboxylic acids is 1. The Bertz CT molecular complexity index is 484. The van der Waals surface area contributed by atoms with Crippen molar-refractivity contribution in [1.82, 2.24) is 5.32 Å². The van der Waals surface area contributed by atoms with Crippen LogP contribution in [0, 0.1) is 30.6 Å². The Labute approximate surface area is 109 Å². The third-order valence-electron chi connectivity index (χ3n) is 3.03. The molecule has 1 aromatic carbocycles. The van der Waals surface area contributed by atoms with E-state index in [-0.39, 0.29) is 5.91 Å². The van der Waals surface area contributed by atoms with Crippen molar-refractivity contribution in [2.24, 2.45) is 5.41 Å². The van der Waals surface area contributed by atoms with Gasteiger partial charge in [0.2, 0.25) is 5.91 Å². The molecule has 0 aliphatic heterocycles. The zero-order chi connectivity index (χ0) is 13.8. The van der Waals surface area contributed by atoms with Gasteiger partial charge in [-0.2, -0.15) is 5.26 Å². The van der Waals surface area contributed by atoms with Crippen molar-refractivity contribution in [3.05, 3.63) is 34.9 Å². The molecule has 0 saturated heterocycles. The Morgan fingerprint density at radius 2 is 2.06 bits per heavy atom. The summed E-state index contributed by atoms with van der Waals surface area (Å²) in [6, 6.07) is 8.30. The van der Waals surface area contributed by atoms with Gasteiger partial charge in [0.25, 0.3) is 0 Å². The molecule has 0 aliphatic carbocycles. The largest absolute Gasteiger partial charge is 0.354 e. The summed E-state index contributed by atoms with van der Waals surface area (Å²) in [4.78, 5) is 11.7. The normalized spacial score (nSPS) is 10.8. The molecule has 0 aromatic heterocycles. The molecule has 1 aromatic rings. The molecule has 3 nitrogen and oxygen atoms in total. The number of nitrogens with zero attached hydrogens (tertiary/aromatic N) is 1. The van der Waals surface area contributed by atoms with Crippen LogP contribution in [0.4, 0.5) is 0 Å². The van der Waals surface area contributed by atoms with Crippen molar-refractivity contribution >= 4 is 5.91 Å². The lowest BCUT2D eigenvalue weighted by Gasteiger charge is -2.15. The predicted octanol–water partition coefficient (Wildman–Crippen LogP) is 2.51. The minimum absolute atomic E-state index is 0.213. The number of hydrogen-bond acceptors (Lipinski definition) is 2. The number of rotatable bonds is 4. The number of nitriles is 1. The van der Waals surface area contributed by atoms with Gasteiger partial charge < -0.3 is 5.32 Å². The third-order valence-corrected chi connectivity index (χ3v) is 3.03. The molecule has 0 aliphatic rings. The van der Waals surface area contributed by atoms with Crippen molar-refractivity contribution < 1.29 is 4.79 Å². The molecular weight excluding hydrogens is 224 g/mol. The highest BCUT2D eigenvalue weighted by atomic mass is 16.2. The summed E-state index contributed by atoms with van der Waals surface area (Å²) in [5.41, 5.74) is 2.74. The molecule has 0 saturated carbocycles. The van der Waals surface area contributed by atoms with Gasteiger partial charge in [-0.3, -0.25) is 4.79 Å². The molecule has 1 rings (SSSR count). The van der Waals surface area contributed by atoms with Crippen LogP contribution in [0.5, 0.6) is 0 Å². The van der Waals surface area contributed by atoms with E-state index in [1.165, 1.54) is 16.7 Å². The molecule has 1 amide bonds. The average Bonchev–Trinajstić information content (AvgIpc) is 2.33. The number of carbonyl (C=O) groups is 1. The number of amides is 1. The lowest BCUT2D eigenvalue weighted by molar-refractivity contribution is -0.126. The maximum absolute atomic E-state index is 11.7. The van der Waals surface area contributed by atoms with Gasteiger partial charge >= 0.3 is 0 Å². The van der Waals surface area contributed by atoms with Crippen LogP contribution in [0.2, 0.25) is 0 Å². The summed E-state index contributed by atoms with van der Waals surface area (Å²) in [5, 5.41) is 11.7. The fourth-order valence-electron chi connectivity index (χ4n) is 1.65. The van der Waals surface area contributed by atoms with E-state index in [0.29, 0.717) is 6.54 Å². The van der Waals surface area contributed by atoms with E-state index in [2.05, 4.69) is 37.4 Å². The van der Waals surface area contributed by atoms with E-state index in [4.69, 9.17) is 5.26 Å². The van der Waals surface area contributed by atoms with Gasteiger partial charge in [0.15, 0.2) is 0 Å². The molecule has 1 N–H and O–H groups in total. The first-order valence-corrected chi connectivity index (χ1v) is 6.12. The fraction of sp³-hybridized carbons (Fsp3) is 0.467. The Hall–Kier alpha value is -1.82. The minimum Gasteiger partial charge on any atom is -0.354 e. The van der Waals surface area contributed by atoms with Crippen LogP contribution >= 0.6 is 0 Å². The second kappa shape index (κ2) is 5.68. The highest BCUT2D eigenvalue weighted by Gasteiger charge is 2.26. The van der Waals surface area contributed by atoms with Crippen LogP contribution in [-0.4, -0.2) is 12.5 Å². The second-order valence-corrected chi connectivity index (χ2v) is 5.17. The van der Waals surface area contributed by atoms with E-state index < -0.39 is 5.41 Å². The van der Waals surface area contributed by atoms with Crippen molar-refractivity contribution in [3.63, 3.8) is 0 Å². The summed E-state index contributed by atoms with van der Waals surface area (Å²) in [6.07, 6.45) is 0.792. The lowest BCUT2D eigenvalue weighted by atomic mass is 9.94. The van der Waals surface area contributed by atoms with Crippen LogP contribution in [-0.2, 0) is 11.2 Å². The number of nitrogens with one attached hydrogen (secondary N) is 1. The summed E-state index contributed by atoms with van der Waals surface area (Å²) in [5.74, 6) is -0.213. The van der Waals surface area contributed by atoms with Gasteiger partial charge in [-0.25, -0.2) is 0 Å². The third kappa shape index (κ3) is 3.59. The predicted molar refractivity (Wildman–Crippen MR) is 72.0 cm³/mol. The first-order valence-electron chi connectivity index (χ1n) is 6.12. The molecule has 0 bridgehead atoms. The molecule has 0 spiro atoms. The fourth-order valence-corrected chi connectivity index (χ4v) is 1.65. The summed E-state index contributed by atoms with van der Waals surface area (Å²) < 4.78 is 0. The lowest BCUT2D eigenvalue weighted by Crippen LogP contribution is -2.37. The standard InChI is InChI=1S/C15H20N2O/c1-11-5-6-12(2)13(9-11)7-8-17-14(18)15(3,4)10-16/h5-6,9H,7-8H2,1-4H3,(H,17,18). The zero-order valence-electron chi connectivity index (χ0n) is 11.5. The summed E-state index contributed by atoms with van der Waals surface area (Å²) in [6.45, 7) is 7.94. The molecule has 3 heteroatoms. The van der Waals surface area contributed by atoms with Gasteiger partial charge in [0.05, 0.1) is 6.07 Å². The van der Waals surface area contributed by atoms with E-state index in [1.54, 1.807) is 13.8 Å². The van der Waals surface area contributed by atoms with Crippen LogP contribution in [0.1, 0.15) is 30.5 Å². The molecule has 0 atom stereocenters. The smallest absolute Gasteiger partial charge is 0.239 e. The van der Waals surface area contributed by atoms with Gasteiger partial charge in [-0.1, -0.05) is 23.8 Å². The zero-order valence-corrected chi connectivity index (χ0v) is 11.5. The maximum atomic E-state index is 11.7. The van der Waals surface area contributed by atoms with E-state index in [0.717, 1.165) is 6.42 Å². The highest BCUT2D eigenvalue weighted by molar-refractivity contribution is 5.84. The van der Waals surface area contributed by atoms with Gasteiger partial charge in [-0.15, -0.1) is 0 Å². The summed E-state index contributed by atoms with van der Waals surface area (Å²) in [7, 11) is 0. The first kappa shape index (κ1) is 14.2. The Kier molecular flexibility index (Phi) is 4.49. The highest BCUT2D eigenvalue weighted by Crippen LogP contribution is 2.13. The Morgan fingerprint density at radius 1 is 1.39 bits per heavy atom. The monoisotopic (exact) mass is 244 g/mol. The second-order valence-electron chi connectivity index (χ2n) is 5.17. The number of aryl methyl sites for hydroxylation is 2. The van der Waals surface area contributed by atoms with E-state index >= 15 is 0 Å². The van der Waals surface area contributed by atoms with Crippen LogP contribution in [0.15, 0.2) is 18.2 Å². The topological polar surface area (TPSA) is 52.9 Å². The summed E-state index contributed by atoms with van der Waals surface area (Å²) >= 11 is 0. The van der Waals surface area contributed by atoms with E-state index in [1.807, 2.05) is 6.07 Å². The molecule has 0 unspecified atom stereocenters. The van der Waals surface area contributed by atoms with Crippen LogP contribution in [0.25, 0.3) is 0 Å². The molecule has 0 heterocycles. The first-order chi connectivity index (χ1) is 8.36. The number of hydrogen-bond donors (Lipinski definition) is 1. The molecule has 96 valence electrons. The van der Waals surface area contributed by atoms with Crippen molar-refractivity contribution in [2.45, 2.75) is 34.1 Å². The Morgan fingerprint density at radius 3 is 2.67 bits per heavy atom. The Balaban J connectivity index is 2.55. The molecule has 0 radical (unpaired) electrons. The molecule has 18 heavy (non-hydrogen) atoms. The van der Waals surface area contributed by atoms with Gasteiger partial charge in [0.1, 0.15) is 5.41 Å². The van der Waals surface area contributed by atoms with Crippen molar-refractivity contribution in [1.29, 1.82) is 5.26 Å². The van der Waals surface area contributed by atoms with Gasteiger partial charge in [-0.05, 0) is 45.2 Å². The number of benzene rings is 1.